The lowest BCUT2D eigenvalue weighted by Gasteiger charge is -2.08. The SMILES string of the molecule is CC1C=CC(=O)NC(=O)CC1. The lowest BCUT2D eigenvalue weighted by molar-refractivity contribution is -0.128. The fourth-order valence-corrected chi connectivity index (χ4v) is 0.948. The second kappa shape index (κ2) is 3.32. The van der Waals surface area contributed by atoms with E-state index in [0.29, 0.717) is 12.3 Å². The van der Waals surface area contributed by atoms with Gasteiger partial charge in [-0.1, -0.05) is 13.0 Å². The Hall–Kier alpha value is -1.12. The Morgan fingerprint density at radius 2 is 2.27 bits per heavy atom. The van der Waals surface area contributed by atoms with Crippen molar-refractivity contribution in [3.63, 3.8) is 0 Å². The van der Waals surface area contributed by atoms with Crippen LogP contribution >= 0.6 is 0 Å². The molecule has 0 radical (unpaired) electrons. The van der Waals surface area contributed by atoms with E-state index < -0.39 is 0 Å². The van der Waals surface area contributed by atoms with Crippen molar-refractivity contribution in [2.24, 2.45) is 5.92 Å². The first kappa shape index (κ1) is 7.98. The zero-order valence-corrected chi connectivity index (χ0v) is 6.46. The number of hydrogen-bond donors (Lipinski definition) is 1. The highest BCUT2D eigenvalue weighted by atomic mass is 16.2. The summed E-state index contributed by atoms with van der Waals surface area (Å²) >= 11 is 0. The van der Waals surface area contributed by atoms with Crippen LogP contribution in [-0.4, -0.2) is 11.8 Å². The fraction of sp³-hybridized carbons (Fsp3) is 0.500. The van der Waals surface area contributed by atoms with E-state index in [1.807, 2.05) is 13.0 Å². The first-order valence-corrected chi connectivity index (χ1v) is 3.70. The maximum absolute atomic E-state index is 10.8. The molecule has 1 heterocycles. The maximum atomic E-state index is 10.8. The van der Waals surface area contributed by atoms with Crippen LogP contribution in [0.2, 0.25) is 0 Å². The van der Waals surface area contributed by atoms with Crippen LogP contribution in [0.4, 0.5) is 0 Å². The van der Waals surface area contributed by atoms with Gasteiger partial charge in [0.15, 0.2) is 0 Å². The van der Waals surface area contributed by atoms with Crippen molar-refractivity contribution in [1.29, 1.82) is 0 Å². The summed E-state index contributed by atoms with van der Waals surface area (Å²) in [6, 6.07) is 0. The quantitative estimate of drug-likeness (QED) is 0.518. The lowest BCUT2D eigenvalue weighted by atomic mass is 10.0. The number of rotatable bonds is 0. The molecule has 2 amide bonds. The van der Waals surface area contributed by atoms with E-state index in [1.54, 1.807) is 0 Å². The van der Waals surface area contributed by atoms with Crippen molar-refractivity contribution in [1.82, 2.24) is 5.32 Å². The highest BCUT2D eigenvalue weighted by Crippen LogP contribution is 2.08. The minimum atomic E-state index is -0.304. The first-order valence-electron chi connectivity index (χ1n) is 3.70. The molecule has 0 aromatic rings. The molecule has 60 valence electrons. The van der Waals surface area contributed by atoms with E-state index in [-0.39, 0.29) is 11.8 Å². The third-order valence-corrected chi connectivity index (χ3v) is 1.67. The zero-order chi connectivity index (χ0) is 8.27. The summed E-state index contributed by atoms with van der Waals surface area (Å²) in [6.07, 6.45) is 4.50. The van der Waals surface area contributed by atoms with Gasteiger partial charge >= 0.3 is 0 Å². The van der Waals surface area contributed by atoms with E-state index in [1.165, 1.54) is 6.08 Å². The molecule has 3 nitrogen and oxygen atoms in total. The molecule has 0 aliphatic carbocycles. The van der Waals surface area contributed by atoms with Gasteiger partial charge in [0, 0.05) is 6.42 Å². The summed E-state index contributed by atoms with van der Waals surface area (Å²) in [6.45, 7) is 1.99. The molecule has 1 aliphatic heterocycles. The number of carbonyl (C=O) groups excluding carboxylic acids is 2. The minimum Gasteiger partial charge on any atom is -0.293 e. The van der Waals surface area contributed by atoms with E-state index >= 15 is 0 Å². The molecule has 0 fully saturated rings. The molecular formula is C8H11NO2. The van der Waals surface area contributed by atoms with Gasteiger partial charge < -0.3 is 0 Å². The van der Waals surface area contributed by atoms with Crippen molar-refractivity contribution in [3.8, 4) is 0 Å². The van der Waals surface area contributed by atoms with Crippen LogP contribution in [0.3, 0.4) is 0 Å². The highest BCUT2D eigenvalue weighted by Gasteiger charge is 2.10. The van der Waals surface area contributed by atoms with Crippen LogP contribution in [0.15, 0.2) is 12.2 Å². The van der Waals surface area contributed by atoms with Gasteiger partial charge in [0.05, 0.1) is 0 Å². The summed E-state index contributed by atoms with van der Waals surface area (Å²) in [7, 11) is 0. The molecule has 0 saturated carbocycles. The van der Waals surface area contributed by atoms with Gasteiger partial charge in [-0.3, -0.25) is 14.9 Å². The Bertz CT molecular complexity index is 208. The predicted molar refractivity (Wildman–Crippen MR) is 40.7 cm³/mol. The number of nitrogens with one attached hydrogen (secondary N) is 1. The normalized spacial score (nSPS) is 25.7. The standard InChI is InChI=1S/C8H11NO2/c1-6-2-4-7(10)9-8(11)5-3-6/h2,4,6H,3,5H2,1H3,(H,9,10,11). The Kier molecular flexibility index (Phi) is 2.41. The van der Waals surface area contributed by atoms with Gasteiger partial charge in [-0.05, 0) is 18.4 Å². The number of allylic oxidation sites excluding steroid dienone is 1. The molecule has 1 atom stereocenters. The average Bonchev–Trinajstić information content (AvgIpc) is 1.95. The molecule has 1 aliphatic rings. The third kappa shape index (κ3) is 2.53. The Morgan fingerprint density at radius 3 is 3.00 bits per heavy atom. The second-order valence-corrected chi connectivity index (χ2v) is 2.79. The fourth-order valence-electron chi connectivity index (χ4n) is 0.948. The monoisotopic (exact) mass is 153 g/mol. The summed E-state index contributed by atoms with van der Waals surface area (Å²) in [5.74, 6) is -0.155. The van der Waals surface area contributed by atoms with E-state index in [4.69, 9.17) is 0 Å². The van der Waals surface area contributed by atoms with Crippen LogP contribution < -0.4 is 5.32 Å². The van der Waals surface area contributed by atoms with Crippen LogP contribution in [0.25, 0.3) is 0 Å². The number of hydrogen-bond acceptors (Lipinski definition) is 2. The van der Waals surface area contributed by atoms with Crippen molar-refractivity contribution in [2.45, 2.75) is 19.8 Å². The molecule has 1 N–H and O–H groups in total. The number of amides is 2. The summed E-state index contributed by atoms with van der Waals surface area (Å²) < 4.78 is 0. The van der Waals surface area contributed by atoms with Gasteiger partial charge in [-0.25, -0.2) is 0 Å². The van der Waals surface area contributed by atoms with Gasteiger partial charge in [0.1, 0.15) is 0 Å². The average molecular weight is 153 g/mol. The van der Waals surface area contributed by atoms with Crippen molar-refractivity contribution in [3.05, 3.63) is 12.2 Å². The Balaban J connectivity index is 2.65. The third-order valence-electron chi connectivity index (χ3n) is 1.67. The van der Waals surface area contributed by atoms with Crippen LogP contribution in [-0.2, 0) is 9.59 Å². The maximum Gasteiger partial charge on any atom is 0.250 e. The Labute approximate surface area is 65.5 Å². The Morgan fingerprint density at radius 1 is 1.55 bits per heavy atom. The molecule has 0 spiro atoms. The van der Waals surface area contributed by atoms with E-state index in [2.05, 4.69) is 5.32 Å². The van der Waals surface area contributed by atoms with Gasteiger partial charge in [0.25, 0.3) is 0 Å². The van der Waals surface area contributed by atoms with Crippen LogP contribution in [0.1, 0.15) is 19.8 Å². The summed E-state index contributed by atoms with van der Waals surface area (Å²) in [5, 5.41) is 2.24. The second-order valence-electron chi connectivity index (χ2n) is 2.79. The summed E-state index contributed by atoms with van der Waals surface area (Å²) in [4.78, 5) is 21.6. The number of carbonyl (C=O) groups is 2. The van der Waals surface area contributed by atoms with E-state index in [0.717, 1.165) is 6.42 Å². The lowest BCUT2D eigenvalue weighted by Crippen LogP contribution is -2.30. The zero-order valence-electron chi connectivity index (χ0n) is 6.46. The summed E-state index contributed by atoms with van der Waals surface area (Å²) in [5.41, 5.74) is 0. The van der Waals surface area contributed by atoms with Crippen molar-refractivity contribution >= 4 is 11.8 Å². The first-order chi connectivity index (χ1) is 5.18. The predicted octanol–water partition coefficient (Wildman–Crippen LogP) is 0.615. The van der Waals surface area contributed by atoms with Crippen LogP contribution in [0, 0.1) is 5.92 Å². The molecule has 0 aromatic heterocycles. The molecule has 0 saturated heterocycles. The molecule has 3 heteroatoms. The van der Waals surface area contributed by atoms with Gasteiger partial charge in [0.2, 0.25) is 11.8 Å². The molecule has 11 heavy (non-hydrogen) atoms. The molecule has 1 unspecified atom stereocenters. The highest BCUT2D eigenvalue weighted by molar-refractivity contribution is 6.01. The van der Waals surface area contributed by atoms with Gasteiger partial charge in [-0.15, -0.1) is 0 Å². The largest absolute Gasteiger partial charge is 0.293 e. The van der Waals surface area contributed by atoms with Crippen molar-refractivity contribution < 1.29 is 9.59 Å². The molecule has 0 bridgehead atoms. The van der Waals surface area contributed by atoms with Crippen molar-refractivity contribution in [2.75, 3.05) is 0 Å². The topological polar surface area (TPSA) is 46.2 Å². The smallest absolute Gasteiger partial charge is 0.250 e. The minimum absolute atomic E-state index is 0.175. The molecule has 1 rings (SSSR count). The van der Waals surface area contributed by atoms with Crippen LogP contribution in [0.5, 0.6) is 0 Å². The van der Waals surface area contributed by atoms with E-state index in [9.17, 15) is 9.59 Å². The van der Waals surface area contributed by atoms with Gasteiger partial charge in [-0.2, -0.15) is 0 Å². The molecular weight excluding hydrogens is 142 g/mol. The number of imide groups is 1. The molecule has 0 aromatic carbocycles.